The summed E-state index contributed by atoms with van der Waals surface area (Å²) < 4.78 is 13.0. The number of aryl methyl sites for hydroxylation is 1. The zero-order valence-electron chi connectivity index (χ0n) is 20.2. The maximum atomic E-state index is 12.2. The Labute approximate surface area is 204 Å². The molecule has 5 rings (SSSR count). The number of Topliss-reactive ketones (excluding diaryl/α,β-unsaturated/α-hetero) is 1. The van der Waals surface area contributed by atoms with Gasteiger partial charge in [0, 0.05) is 37.7 Å². The van der Waals surface area contributed by atoms with Crippen molar-refractivity contribution in [3.8, 4) is 17.3 Å². The number of carbonyl (C=O) groups excluding carboxylic acids is 1. The number of thioether (sulfide) groups is 1. The number of ether oxygens (including phenoxy) is 1. The lowest BCUT2D eigenvalue weighted by atomic mass is 9.92. The van der Waals surface area contributed by atoms with E-state index in [1.807, 2.05) is 31.5 Å². The van der Waals surface area contributed by atoms with Crippen LogP contribution in [-0.4, -0.2) is 62.9 Å². The Kier molecular flexibility index (Phi) is 6.24. The van der Waals surface area contributed by atoms with Gasteiger partial charge < -0.3 is 18.6 Å². The molecule has 8 nitrogen and oxygen atoms in total. The molecular weight excluding hydrogens is 450 g/mol. The number of aromatic nitrogens is 4. The highest BCUT2D eigenvalue weighted by Gasteiger charge is 2.60. The summed E-state index contributed by atoms with van der Waals surface area (Å²) in [6.07, 6.45) is 4.24. The van der Waals surface area contributed by atoms with Crippen LogP contribution in [0.25, 0.3) is 11.6 Å². The van der Waals surface area contributed by atoms with Gasteiger partial charge in [-0.15, -0.1) is 10.2 Å². The van der Waals surface area contributed by atoms with Crippen LogP contribution in [0.2, 0.25) is 0 Å². The number of methoxy groups -OCH3 is 1. The summed E-state index contributed by atoms with van der Waals surface area (Å²) in [5.41, 5.74) is 3.05. The average Bonchev–Trinajstić information content (AvgIpc) is 3.13. The number of likely N-dealkylation sites (tertiary alicyclic amines) is 1. The van der Waals surface area contributed by atoms with Gasteiger partial charge in [-0.25, -0.2) is 4.98 Å². The molecule has 1 saturated heterocycles. The standard InChI is InChI=1S/C25H31N5O3S/c1-5-20(31)19-8-7-17(11-21(19)32-4)25-12-18(25)13-30(14-25)9-6-10-34-24-28-27-23(29(24)3)22-16(2)26-15-33-22/h7-8,11,15,18H,5-6,9-10,12-14H2,1-4H3/t18-,25-/m0/s1. The van der Waals surface area contributed by atoms with Crippen molar-refractivity contribution in [1.29, 1.82) is 0 Å². The average molecular weight is 482 g/mol. The fourth-order valence-corrected chi connectivity index (χ4v) is 6.07. The van der Waals surface area contributed by atoms with Crippen molar-refractivity contribution < 1.29 is 13.9 Å². The summed E-state index contributed by atoms with van der Waals surface area (Å²) in [5, 5.41) is 9.51. The van der Waals surface area contributed by atoms with Crippen LogP contribution in [0.5, 0.6) is 5.75 Å². The second-order valence-corrected chi connectivity index (χ2v) is 10.4. The van der Waals surface area contributed by atoms with Crippen LogP contribution < -0.4 is 4.74 Å². The van der Waals surface area contributed by atoms with E-state index in [2.05, 4.69) is 32.2 Å². The lowest BCUT2D eigenvalue weighted by Crippen LogP contribution is -2.28. The topological polar surface area (TPSA) is 86.3 Å². The number of piperidine rings is 1. The molecule has 0 N–H and O–H groups in total. The number of ketones is 1. The summed E-state index contributed by atoms with van der Waals surface area (Å²) in [5.74, 6) is 3.90. The second-order valence-electron chi connectivity index (χ2n) is 9.32. The van der Waals surface area contributed by atoms with Gasteiger partial charge in [0.15, 0.2) is 23.1 Å². The summed E-state index contributed by atoms with van der Waals surface area (Å²) in [6.45, 7) is 7.08. The maximum absolute atomic E-state index is 12.2. The number of hydrogen-bond donors (Lipinski definition) is 0. The first-order chi connectivity index (χ1) is 16.5. The van der Waals surface area contributed by atoms with Crippen LogP contribution >= 0.6 is 11.8 Å². The molecule has 1 aliphatic heterocycles. The van der Waals surface area contributed by atoms with Crippen LogP contribution in [0, 0.1) is 12.8 Å². The van der Waals surface area contributed by atoms with Gasteiger partial charge in [0.25, 0.3) is 0 Å². The fraction of sp³-hybridized carbons (Fsp3) is 0.520. The predicted octanol–water partition coefficient (Wildman–Crippen LogP) is 4.14. The van der Waals surface area contributed by atoms with Crippen molar-refractivity contribution in [2.45, 2.75) is 43.7 Å². The van der Waals surface area contributed by atoms with Gasteiger partial charge in [0.2, 0.25) is 5.82 Å². The summed E-state index contributed by atoms with van der Waals surface area (Å²) >= 11 is 1.73. The smallest absolute Gasteiger partial charge is 0.202 e. The molecule has 9 heteroatoms. The molecule has 2 aliphatic rings. The third-order valence-corrected chi connectivity index (χ3v) is 8.35. The Morgan fingerprint density at radius 3 is 2.94 bits per heavy atom. The van der Waals surface area contributed by atoms with E-state index in [1.165, 1.54) is 18.4 Å². The van der Waals surface area contributed by atoms with Crippen LogP contribution in [-0.2, 0) is 12.5 Å². The molecular formula is C25H31N5O3S. The summed E-state index contributed by atoms with van der Waals surface area (Å²) in [6, 6.07) is 6.20. The highest BCUT2D eigenvalue weighted by atomic mass is 32.2. The number of hydrogen-bond acceptors (Lipinski definition) is 8. The van der Waals surface area contributed by atoms with Gasteiger partial charge in [0.1, 0.15) is 5.75 Å². The van der Waals surface area contributed by atoms with Gasteiger partial charge in [-0.1, -0.05) is 24.8 Å². The molecule has 2 fully saturated rings. The van der Waals surface area contributed by atoms with Crippen molar-refractivity contribution in [1.82, 2.24) is 24.6 Å². The van der Waals surface area contributed by atoms with Crippen molar-refractivity contribution >= 4 is 17.5 Å². The fourth-order valence-electron chi connectivity index (χ4n) is 5.23. The number of nitrogens with zero attached hydrogens (tertiary/aromatic N) is 5. The number of carbonyl (C=O) groups is 1. The zero-order valence-corrected chi connectivity index (χ0v) is 21.0. The number of fused-ring (bicyclic) bond motifs is 1. The van der Waals surface area contributed by atoms with Crippen molar-refractivity contribution in [2.75, 3.05) is 32.5 Å². The molecule has 1 aliphatic carbocycles. The zero-order chi connectivity index (χ0) is 23.9. The third kappa shape index (κ3) is 4.05. The Balaban J connectivity index is 1.15. The molecule has 1 aromatic carbocycles. The minimum atomic E-state index is 0.129. The van der Waals surface area contributed by atoms with E-state index in [0.717, 1.165) is 42.7 Å². The SMILES string of the molecule is CCC(=O)c1ccc([C@@]23C[C@H]2CN(CCCSc2nnc(-c4ocnc4C)n2C)C3)cc1OC. The summed E-state index contributed by atoms with van der Waals surface area (Å²) in [7, 11) is 3.62. The molecule has 3 heterocycles. The van der Waals surface area contributed by atoms with Gasteiger partial charge >= 0.3 is 0 Å². The lowest BCUT2D eigenvalue weighted by Gasteiger charge is -2.21. The van der Waals surface area contributed by atoms with Crippen molar-refractivity contribution in [2.24, 2.45) is 13.0 Å². The Morgan fingerprint density at radius 2 is 2.21 bits per heavy atom. The van der Waals surface area contributed by atoms with Crippen LogP contribution in [0.15, 0.2) is 34.2 Å². The van der Waals surface area contributed by atoms with E-state index in [4.69, 9.17) is 9.15 Å². The number of benzene rings is 1. The Hall–Kier alpha value is -2.65. The first-order valence-corrected chi connectivity index (χ1v) is 12.8. The van der Waals surface area contributed by atoms with E-state index < -0.39 is 0 Å². The molecule has 34 heavy (non-hydrogen) atoms. The monoisotopic (exact) mass is 481 g/mol. The molecule has 2 aromatic heterocycles. The van der Waals surface area contributed by atoms with Crippen molar-refractivity contribution in [3.05, 3.63) is 41.4 Å². The minimum absolute atomic E-state index is 0.129. The quantitative estimate of drug-likeness (QED) is 0.243. The highest BCUT2D eigenvalue weighted by Crippen LogP contribution is 2.59. The van der Waals surface area contributed by atoms with Gasteiger partial charge in [-0.3, -0.25) is 4.79 Å². The highest BCUT2D eigenvalue weighted by molar-refractivity contribution is 7.99. The molecule has 3 aromatic rings. The van der Waals surface area contributed by atoms with E-state index in [0.29, 0.717) is 35.2 Å². The Bertz CT molecular complexity index is 1210. The Morgan fingerprint density at radius 1 is 1.35 bits per heavy atom. The molecule has 0 spiro atoms. The second kappa shape index (κ2) is 9.19. The first-order valence-electron chi connectivity index (χ1n) is 11.8. The number of rotatable bonds is 10. The molecule has 180 valence electrons. The van der Waals surface area contributed by atoms with Crippen LogP contribution in [0.3, 0.4) is 0 Å². The first kappa shape index (κ1) is 23.1. The molecule has 0 amide bonds. The van der Waals surface area contributed by atoms with Gasteiger partial charge in [-0.05, 0) is 49.9 Å². The minimum Gasteiger partial charge on any atom is -0.496 e. The molecule has 0 unspecified atom stereocenters. The maximum Gasteiger partial charge on any atom is 0.202 e. The van der Waals surface area contributed by atoms with E-state index in [9.17, 15) is 4.79 Å². The van der Waals surface area contributed by atoms with Gasteiger partial charge in [-0.2, -0.15) is 0 Å². The van der Waals surface area contributed by atoms with Crippen LogP contribution in [0.1, 0.15) is 47.8 Å². The normalized spacial score (nSPS) is 21.6. The molecule has 0 radical (unpaired) electrons. The molecule has 1 saturated carbocycles. The predicted molar refractivity (Wildman–Crippen MR) is 130 cm³/mol. The van der Waals surface area contributed by atoms with Crippen molar-refractivity contribution in [3.63, 3.8) is 0 Å². The molecule has 0 bridgehead atoms. The third-order valence-electron chi connectivity index (χ3n) is 7.25. The number of oxazole rings is 1. The van der Waals surface area contributed by atoms with E-state index in [1.54, 1.807) is 18.9 Å². The van der Waals surface area contributed by atoms with Gasteiger partial charge in [0.05, 0.1) is 18.4 Å². The largest absolute Gasteiger partial charge is 0.496 e. The van der Waals surface area contributed by atoms with E-state index >= 15 is 0 Å². The molecule has 2 atom stereocenters. The van der Waals surface area contributed by atoms with E-state index in [-0.39, 0.29) is 11.2 Å². The summed E-state index contributed by atoms with van der Waals surface area (Å²) in [4.78, 5) is 18.9. The van der Waals surface area contributed by atoms with Crippen LogP contribution in [0.4, 0.5) is 0 Å². The lowest BCUT2D eigenvalue weighted by molar-refractivity contribution is 0.0985.